The molecule has 0 radical (unpaired) electrons. The van der Waals surface area contributed by atoms with Crippen molar-refractivity contribution in [3.05, 3.63) is 16.1 Å². The molecule has 0 aliphatic carbocycles. The lowest BCUT2D eigenvalue weighted by molar-refractivity contribution is 0.583. The van der Waals surface area contributed by atoms with E-state index in [0.29, 0.717) is 19.0 Å². The Morgan fingerprint density at radius 1 is 1.30 bits per heavy atom. The number of rotatable bonds is 9. The molecule has 134 valence electrons. The van der Waals surface area contributed by atoms with Gasteiger partial charge in [0.25, 0.3) is 0 Å². The van der Waals surface area contributed by atoms with Crippen molar-refractivity contribution in [1.29, 1.82) is 0 Å². The van der Waals surface area contributed by atoms with E-state index >= 15 is 0 Å². The molecule has 0 aromatic carbocycles. The molecular formula is C13H26IN5O2S2. The average Bonchev–Trinajstić information content (AvgIpc) is 2.89. The average molecular weight is 475 g/mol. The van der Waals surface area contributed by atoms with Gasteiger partial charge in [0.2, 0.25) is 10.0 Å². The van der Waals surface area contributed by atoms with Gasteiger partial charge in [0.1, 0.15) is 0 Å². The van der Waals surface area contributed by atoms with E-state index in [0.717, 1.165) is 30.2 Å². The lowest BCUT2D eigenvalue weighted by atomic mass is 10.3. The Kier molecular flexibility index (Phi) is 11.7. The van der Waals surface area contributed by atoms with Crippen molar-refractivity contribution in [3.8, 4) is 0 Å². The van der Waals surface area contributed by atoms with E-state index in [9.17, 15) is 8.42 Å². The van der Waals surface area contributed by atoms with Crippen LogP contribution in [-0.4, -0.2) is 51.3 Å². The number of hydrogen-bond acceptors (Lipinski definition) is 5. The number of thiazole rings is 1. The van der Waals surface area contributed by atoms with Crippen molar-refractivity contribution in [2.45, 2.75) is 27.2 Å². The van der Waals surface area contributed by atoms with Crippen LogP contribution in [0.15, 0.2) is 10.4 Å². The molecule has 3 N–H and O–H groups in total. The number of sulfonamides is 1. The first-order valence-corrected chi connectivity index (χ1v) is 9.90. The molecular weight excluding hydrogens is 449 g/mol. The number of nitrogens with zero attached hydrogens (tertiary/aromatic N) is 2. The molecule has 0 spiro atoms. The SMILES string of the molecule is CCNC(=NCCNS(=O)(=O)CC)NCCc1csc(C)n1.I. The molecule has 0 amide bonds. The van der Waals surface area contributed by atoms with Gasteiger partial charge in [-0.15, -0.1) is 35.3 Å². The normalized spacial score (nSPS) is 11.9. The third-order valence-electron chi connectivity index (χ3n) is 2.77. The van der Waals surface area contributed by atoms with Crippen molar-refractivity contribution in [3.63, 3.8) is 0 Å². The quantitative estimate of drug-likeness (QED) is 0.215. The van der Waals surface area contributed by atoms with Gasteiger partial charge in [-0.1, -0.05) is 0 Å². The summed E-state index contributed by atoms with van der Waals surface area (Å²) in [5.74, 6) is 0.771. The highest BCUT2D eigenvalue weighted by Crippen LogP contribution is 2.07. The van der Waals surface area contributed by atoms with Gasteiger partial charge in [-0.3, -0.25) is 4.99 Å². The van der Waals surface area contributed by atoms with Crippen molar-refractivity contribution in [2.24, 2.45) is 4.99 Å². The first-order chi connectivity index (χ1) is 10.5. The Bertz CT molecular complexity index is 575. The highest BCUT2D eigenvalue weighted by molar-refractivity contribution is 14.0. The van der Waals surface area contributed by atoms with E-state index in [1.807, 2.05) is 13.8 Å². The van der Waals surface area contributed by atoms with Gasteiger partial charge in [-0.2, -0.15) is 0 Å². The summed E-state index contributed by atoms with van der Waals surface area (Å²) in [7, 11) is -3.15. The third-order valence-corrected chi connectivity index (χ3v) is 4.99. The molecule has 0 atom stereocenters. The van der Waals surface area contributed by atoms with E-state index < -0.39 is 10.0 Å². The zero-order chi connectivity index (χ0) is 16.4. The van der Waals surface area contributed by atoms with E-state index in [-0.39, 0.29) is 29.7 Å². The molecule has 0 aliphatic rings. The van der Waals surface area contributed by atoms with Gasteiger partial charge < -0.3 is 10.6 Å². The summed E-state index contributed by atoms with van der Waals surface area (Å²) in [6.45, 7) is 7.77. The summed E-state index contributed by atoms with van der Waals surface area (Å²) in [6, 6.07) is 0. The zero-order valence-electron chi connectivity index (χ0n) is 13.8. The van der Waals surface area contributed by atoms with Crippen LogP contribution in [0.2, 0.25) is 0 Å². The fourth-order valence-corrected chi connectivity index (χ4v) is 2.90. The maximum atomic E-state index is 11.3. The minimum Gasteiger partial charge on any atom is -0.357 e. The largest absolute Gasteiger partial charge is 0.357 e. The monoisotopic (exact) mass is 475 g/mol. The topological polar surface area (TPSA) is 95.5 Å². The van der Waals surface area contributed by atoms with Crippen molar-refractivity contribution in [1.82, 2.24) is 20.3 Å². The number of halogens is 1. The minimum atomic E-state index is -3.15. The second kappa shape index (κ2) is 12.0. The summed E-state index contributed by atoms with van der Waals surface area (Å²) in [6.07, 6.45) is 0.831. The molecule has 0 saturated heterocycles. The second-order valence-corrected chi connectivity index (χ2v) is 7.75. The Hall–Kier alpha value is -0.460. The lowest BCUT2D eigenvalue weighted by Crippen LogP contribution is -2.39. The van der Waals surface area contributed by atoms with Crippen LogP contribution in [0.3, 0.4) is 0 Å². The molecule has 0 aliphatic heterocycles. The summed E-state index contributed by atoms with van der Waals surface area (Å²) >= 11 is 1.64. The van der Waals surface area contributed by atoms with Crippen LogP contribution in [0.25, 0.3) is 0 Å². The van der Waals surface area contributed by atoms with E-state index in [1.165, 1.54) is 0 Å². The van der Waals surface area contributed by atoms with Gasteiger partial charge in [-0.25, -0.2) is 18.1 Å². The smallest absolute Gasteiger partial charge is 0.211 e. The molecule has 0 saturated carbocycles. The Morgan fingerprint density at radius 3 is 2.61 bits per heavy atom. The number of guanidine groups is 1. The summed E-state index contributed by atoms with van der Waals surface area (Å²) in [5, 5.41) is 9.47. The van der Waals surface area contributed by atoms with Crippen LogP contribution in [0.5, 0.6) is 0 Å². The molecule has 7 nitrogen and oxygen atoms in total. The third kappa shape index (κ3) is 10.1. The summed E-state index contributed by atoms with van der Waals surface area (Å²) in [5.41, 5.74) is 1.07. The van der Waals surface area contributed by atoms with Crippen LogP contribution in [0.1, 0.15) is 24.5 Å². The van der Waals surface area contributed by atoms with Gasteiger partial charge in [0, 0.05) is 31.4 Å². The van der Waals surface area contributed by atoms with E-state index in [2.05, 4.69) is 30.7 Å². The van der Waals surface area contributed by atoms with Gasteiger partial charge in [0.15, 0.2) is 5.96 Å². The Morgan fingerprint density at radius 2 is 2.04 bits per heavy atom. The van der Waals surface area contributed by atoms with Gasteiger partial charge >= 0.3 is 0 Å². The van der Waals surface area contributed by atoms with Crippen molar-refractivity contribution in [2.75, 3.05) is 31.9 Å². The van der Waals surface area contributed by atoms with Crippen LogP contribution < -0.4 is 15.4 Å². The maximum absolute atomic E-state index is 11.3. The number of nitrogens with one attached hydrogen (secondary N) is 3. The summed E-state index contributed by atoms with van der Waals surface area (Å²) in [4.78, 5) is 8.74. The number of aliphatic imine (C=N–C) groups is 1. The number of aromatic nitrogens is 1. The minimum absolute atomic E-state index is 0. The van der Waals surface area contributed by atoms with Crippen molar-refractivity contribution >= 4 is 51.3 Å². The molecule has 0 fully saturated rings. The first-order valence-electron chi connectivity index (χ1n) is 7.37. The molecule has 1 heterocycles. The predicted molar refractivity (Wildman–Crippen MR) is 107 cm³/mol. The zero-order valence-corrected chi connectivity index (χ0v) is 17.7. The first kappa shape index (κ1) is 22.5. The highest BCUT2D eigenvalue weighted by Gasteiger charge is 2.04. The van der Waals surface area contributed by atoms with Crippen LogP contribution in [-0.2, 0) is 16.4 Å². The Labute approximate surface area is 159 Å². The second-order valence-electron chi connectivity index (χ2n) is 4.59. The van der Waals surface area contributed by atoms with Gasteiger partial charge in [0.05, 0.1) is 23.0 Å². The van der Waals surface area contributed by atoms with Gasteiger partial charge in [-0.05, 0) is 20.8 Å². The molecule has 0 unspecified atom stereocenters. The molecule has 23 heavy (non-hydrogen) atoms. The van der Waals surface area contributed by atoms with E-state index in [4.69, 9.17) is 0 Å². The summed E-state index contributed by atoms with van der Waals surface area (Å²) < 4.78 is 25.1. The fourth-order valence-electron chi connectivity index (χ4n) is 1.64. The van der Waals surface area contributed by atoms with Crippen LogP contribution in [0.4, 0.5) is 0 Å². The Balaban J connectivity index is 0.00000484. The molecule has 0 bridgehead atoms. The standard InChI is InChI=1S/C13H25N5O2S2.HI/c1-4-14-13(16-8-9-17-22(19,20)5-2)15-7-6-12-10-21-11(3)18-12;/h10,17H,4-9H2,1-3H3,(H2,14,15,16);1H. The van der Waals surface area contributed by atoms with Crippen LogP contribution in [0, 0.1) is 6.92 Å². The number of aryl methyl sites for hydroxylation is 1. The van der Waals surface area contributed by atoms with Crippen LogP contribution >= 0.6 is 35.3 Å². The predicted octanol–water partition coefficient (Wildman–Crippen LogP) is 1.11. The lowest BCUT2D eigenvalue weighted by Gasteiger charge is -2.10. The molecule has 1 aromatic rings. The number of hydrogen-bond donors (Lipinski definition) is 3. The van der Waals surface area contributed by atoms with E-state index in [1.54, 1.807) is 18.3 Å². The maximum Gasteiger partial charge on any atom is 0.211 e. The van der Waals surface area contributed by atoms with Crippen molar-refractivity contribution < 1.29 is 8.42 Å². The highest BCUT2D eigenvalue weighted by atomic mass is 127. The molecule has 1 aromatic heterocycles. The fraction of sp³-hybridized carbons (Fsp3) is 0.692. The molecule has 10 heteroatoms. The molecule has 1 rings (SSSR count).